The number of hydrogen-bond donors (Lipinski definition) is 1. The van der Waals surface area contributed by atoms with Gasteiger partial charge < -0.3 is 10.5 Å². The Hall–Kier alpha value is -2.10. The molecule has 4 nitrogen and oxygen atoms in total. The van der Waals surface area contributed by atoms with Gasteiger partial charge in [-0.3, -0.25) is 0 Å². The number of ether oxygens (including phenoxy) is 1. The molecule has 1 aromatic carbocycles. The van der Waals surface area contributed by atoms with Crippen molar-refractivity contribution in [2.75, 3.05) is 5.73 Å². The van der Waals surface area contributed by atoms with E-state index < -0.39 is 0 Å². The molecule has 0 saturated heterocycles. The summed E-state index contributed by atoms with van der Waals surface area (Å²) in [6, 6.07) is 5.75. The maximum Gasteiger partial charge on any atom is 0.225 e. The van der Waals surface area contributed by atoms with Crippen molar-refractivity contribution in [3.63, 3.8) is 0 Å². The zero-order valence-corrected chi connectivity index (χ0v) is 11.0. The molecule has 19 heavy (non-hydrogen) atoms. The molecule has 1 aromatic heterocycles. The summed E-state index contributed by atoms with van der Waals surface area (Å²) >= 11 is 0. The highest BCUT2D eigenvalue weighted by Gasteiger charge is 2.18. The van der Waals surface area contributed by atoms with Gasteiger partial charge in [0.15, 0.2) is 5.75 Å². The SMILES string of the molecule is Cc1cccc(N)c1Oc1ncnc2c1CCCC2. The predicted molar refractivity (Wildman–Crippen MR) is 74.3 cm³/mol. The predicted octanol–water partition coefficient (Wildman–Crippen LogP) is 3.04. The van der Waals surface area contributed by atoms with Crippen LogP contribution in [0.2, 0.25) is 0 Å². The maximum atomic E-state index is 5.98. The highest BCUT2D eigenvalue weighted by atomic mass is 16.5. The van der Waals surface area contributed by atoms with E-state index in [1.807, 2.05) is 25.1 Å². The van der Waals surface area contributed by atoms with E-state index in [9.17, 15) is 0 Å². The number of anilines is 1. The summed E-state index contributed by atoms with van der Waals surface area (Å²) in [4.78, 5) is 8.62. The quantitative estimate of drug-likeness (QED) is 0.838. The Bertz CT molecular complexity index is 590. The van der Waals surface area contributed by atoms with Gasteiger partial charge in [-0.05, 0) is 44.2 Å². The molecule has 0 bridgehead atoms. The van der Waals surface area contributed by atoms with Gasteiger partial charge in [-0.2, -0.15) is 0 Å². The molecule has 1 aliphatic carbocycles. The molecule has 0 aliphatic heterocycles. The van der Waals surface area contributed by atoms with E-state index in [0.29, 0.717) is 17.3 Å². The molecule has 0 atom stereocenters. The van der Waals surface area contributed by atoms with E-state index in [-0.39, 0.29) is 0 Å². The largest absolute Gasteiger partial charge is 0.436 e. The van der Waals surface area contributed by atoms with Gasteiger partial charge in [0, 0.05) is 5.56 Å². The van der Waals surface area contributed by atoms with Crippen LogP contribution in [0.15, 0.2) is 24.5 Å². The molecule has 0 amide bonds. The van der Waals surface area contributed by atoms with Crippen LogP contribution in [0.5, 0.6) is 11.6 Å². The minimum Gasteiger partial charge on any atom is -0.436 e. The zero-order chi connectivity index (χ0) is 13.2. The number of fused-ring (bicyclic) bond motifs is 1. The Morgan fingerprint density at radius 2 is 2.00 bits per heavy atom. The van der Waals surface area contributed by atoms with Crippen molar-refractivity contribution in [2.45, 2.75) is 32.6 Å². The minimum absolute atomic E-state index is 0.642. The molecule has 1 aliphatic rings. The first-order valence-corrected chi connectivity index (χ1v) is 6.61. The first-order chi connectivity index (χ1) is 9.25. The lowest BCUT2D eigenvalue weighted by atomic mass is 9.97. The van der Waals surface area contributed by atoms with E-state index in [4.69, 9.17) is 10.5 Å². The summed E-state index contributed by atoms with van der Waals surface area (Å²) in [6.45, 7) is 1.99. The third-order valence-electron chi connectivity index (χ3n) is 3.53. The maximum absolute atomic E-state index is 5.98. The fourth-order valence-corrected chi connectivity index (χ4v) is 2.49. The van der Waals surface area contributed by atoms with Crippen LogP contribution < -0.4 is 10.5 Å². The van der Waals surface area contributed by atoms with Crippen molar-refractivity contribution in [3.8, 4) is 11.6 Å². The summed E-state index contributed by atoms with van der Waals surface area (Å²) in [5.74, 6) is 1.36. The molecule has 0 saturated carbocycles. The topological polar surface area (TPSA) is 61.0 Å². The highest BCUT2D eigenvalue weighted by Crippen LogP contribution is 2.34. The van der Waals surface area contributed by atoms with Gasteiger partial charge >= 0.3 is 0 Å². The summed E-state index contributed by atoms with van der Waals surface area (Å²) in [5, 5.41) is 0. The van der Waals surface area contributed by atoms with Crippen LogP contribution >= 0.6 is 0 Å². The Labute approximate surface area is 112 Å². The molecule has 2 N–H and O–H groups in total. The summed E-state index contributed by atoms with van der Waals surface area (Å²) in [5.41, 5.74) is 9.89. The van der Waals surface area contributed by atoms with Gasteiger partial charge in [0.05, 0.1) is 11.4 Å². The average Bonchev–Trinajstić information content (AvgIpc) is 2.43. The molecule has 0 unspecified atom stereocenters. The number of nitrogens with zero attached hydrogens (tertiary/aromatic N) is 2. The lowest BCUT2D eigenvalue weighted by Crippen LogP contribution is -2.09. The molecule has 2 aromatic rings. The molecule has 1 heterocycles. The Morgan fingerprint density at radius 3 is 2.84 bits per heavy atom. The van der Waals surface area contributed by atoms with Crippen molar-refractivity contribution in [2.24, 2.45) is 0 Å². The van der Waals surface area contributed by atoms with Crippen molar-refractivity contribution in [1.29, 1.82) is 0 Å². The van der Waals surface area contributed by atoms with Gasteiger partial charge in [0.25, 0.3) is 0 Å². The normalized spacial score (nSPS) is 13.9. The number of nitrogens with two attached hydrogens (primary N) is 1. The first kappa shape index (κ1) is 12.0. The number of aryl methyl sites for hydroxylation is 2. The fraction of sp³-hybridized carbons (Fsp3) is 0.333. The third-order valence-corrected chi connectivity index (χ3v) is 3.53. The van der Waals surface area contributed by atoms with Crippen LogP contribution in [0.1, 0.15) is 29.7 Å². The van der Waals surface area contributed by atoms with E-state index in [2.05, 4.69) is 9.97 Å². The van der Waals surface area contributed by atoms with Crippen LogP contribution in [0.4, 0.5) is 5.69 Å². The molecule has 0 radical (unpaired) electrons. The van der Waals surface area contributed by atoms with Crippen molar-refractivity contribution >= 4 is 5.69 Å². The lowest BCUT2D eigenvalue weighted by molar-refractivity contribution is 0.446. The van der Waals surface area contributed by atoms with Gasteiger partial charge in [0.2, 0.25) is 5.88 Å². The van der Waals surface area contributed by atoms with E-state index in [0.717, 1.165) is 29.7 Å². The summed E-state index contributed by atoms with van der Waals surface area (Å²) in [6.07, 6.45) is 5.93. The number of nitrogen functional groups attached to an aromatic ring is 1. The highest BCUT2D eigenvalue weighted by molar-refractivity contribution is 5.57. The van der Waals surface area contributed by atoms with Crippen LogP contribution in [0.3, 0.4) is 0 Å². The molecule has 98 valence electrons. The van der Waals surface area contributed by atoms with Gasteiger partial charge in [-0.15, -0.1) is 0 Å². The van der Waals surface area contributed by atoms with E-state index in [1.165, 1.54) is 12.8 Å². The summed E-state index contributed by atoms with van der Waals surface area (Å²) < 4.78 is 5.96. The van der Waals surface area contributed by atoms with Gasteiger partial charge in [-0.1, -0.05) is 12.1 Å². The Kier molecular flexibility index (Phi) is 3.07. The smallest absolute Gasteiger partial charge is 0.225 e. The second-order valence-electron chi connectivity index (χ2n) is 4.91. The molecule has 3 rings (SSSR count). The van der Waals surface area contributed by atoms with Crippen molar-refractivity contribution in [3.05, 3.63) is 41.3 Å². The fourth-order valence-electron chi connectivity index (χ4n) is 2.49. The molecular formula is C15H17N3O. The monoisotopic (exact) mass is 255 g/mol. The minimum atomic E-state index is 0.642. The summed E-state index contributed by atoms with van der Waals surface area (Å²) in [7, 11) is 0. The van der Waals surface area contributed by atoms with Gasteiger partial charge in [-0.25, -0.2) is 9.97 Å². The van der Waals surface area contributed by atoms with Crippen LogP contribution in [0, 0.1) is 6.92 Å². The van der Waals surface area contributed by atoms with Crippen molar-refractivity contribution in [1.82, 2.24) is 9.97 Å². The molecular weight excluding hydrogens is 238 g/mol. The Morgan fingerprint density at radius 1 is 1.16 bits per heavy atom. The second-order valence-corrected chi connectivity index (χ2v) is 4.91. The number of rotatable bonds is 2. The third kappa shape index (κ3) is 2.26. The number of benzene rings is 1. The number of aromatic nitrogens is 2. The van der Waals surface area contributed by atoms with Crippen LogP contribution in [-0.2, 0) is 12.8 Å². The van der Waals surface area contributed by atoms with E-state index >= 15 is 0 Å². The van der Waals surface area contributed by atoms with Gasteiger partial charge in [0.1, 0.15) is 6.33 Å². The van der Waals surface area contributed by atoms with Crippen molar-refractivity contribution < 1.29 is 4.74 Å². The number of para-hydroxylation sites is 1. The first-order valence-electron chi connectivity index (χ1n) is 6.61. The second kappa shape index (κ2) is 4.88. The molecule has 0 spiro atoms. The molecule has 0 fully saturated rings. The van der Waals surface area contributed by atoms with E-state index in [1.54, 1.807) is 6.33 Å². The Balaban J connectivity index is 2.00. The molecule has 4 heteroatoms. The van der Waals surface area contributed by atoms with Crippen LogP contribution in [-0.4, -0.2) is 9.97 Å². The number of hydrogen-bond acceptors (Lipinski definition) is 4. The lowest BCUT2D eigenvalue weighted by Gasteiger charge is -2.18. The average molecular weight is 255 g/mol. The standard InChI is InChI=1S/C15H17N3O/c1-10-5-4-7-12(16)14(10)19-15-11-6-2-3-8-13(11)17-9-18-15/h4-5,7,9H,2-3,6,8,16H2,1H3. The zero-order valence-electron chi connectivity index (χ0n) is 11.0. The van der Waals surface area contributed by atoms with Crippen LogP contribution in [0.25, 0.3) is 0 Å².